The molecule has 0 aliphatic rings. The highest BCUT2D eigenvalue weighted by molar-refractivity contribution is 9.10. The second kappa shape index (κ2) is 3.33. The molecule has 2 aromatic heterocycles. The molecule has 3 rings (SSSR count). The van der Waals surface area contributed by atoms with Crippen LogP contribution in [-0.4, -0.2) is 14.6 Å². The molecule has 0 unspecified atom stereocenters. The Balaban J connectivity index is 2.78. The third kappa shape index (κ3) is 1.15. The topological polar surface area (TPSA) is 50.2 Å². The molecule has 0 spiro atoms. The van der Waals surface area contributed by atoms with Crippen molar-refractivity contribution >= 4 is 44.0 Å². The van der Waals surface area contributed by atoms with E-state index >= 15 is 0 Å². The predicted molar refractivity (Wildman–Crippen MR) is 66.0 cm³/mol. The van der Waals surface area contributed by atoms with Gasteiger partial charge in [0.05, 0.1) is 10.5 Å². The molecule has 0 radical (unpaired) electrons. The molecule has 0 aliphatic carbocycles. The van der Waals surface area contributed by atoms with Crippen molar-refractivity contribution in [2.75, 3.05) is 0 Å². The molecular formula is C10H5BrClN3O. The maximum absolute atomic E-state index is 11.7. The fraction of sp³-hybridized carbons (Fsp3) is 0. The molecule has 0 amide bonds. The van der Waals surface area contributed by atoms with Crippen LogP contribution in [0.1, 0.15) is 0 Å². The second-order valence-electron chi connectivity index (χ2n) is 3.34. The number of rotatable bonds is 0. The molecule has 0 aliphatic heterocycles. The molecule has 3 aromatic rings. The molecule has 2 heterocycles. The van der Waals surface area contributed by atoms with Crippen LogP contribution in [0.2, 0.25) is 5.02 Å². The minimum Gasteiger partial charge on any atom is -0.280 e. The van der Waals surface area contributed by atoms with Crippen LogP contribution in [-0.2, 0) is 0 Å². The van der Waals surface area contributed by atoms with Crippen LogP contribution < -0.4 is 5.56 Å². The van der Waals surface area contributed by atoms with Crippen molar-refractivity contribution in [3.05, 3.63) is 44.4 Å². The lowest BCUT2D eigenvalue weighted by atomic mass is 10.2. The standard InChI is InChI=1S/C10H5BrClN3O/c11-10-14-13-9(16)8-7(12)5-3-1-2-4-6(5)15(8)10/h1-4H,(H,13,16). The van der Waals surface area contributed by atoms with Crippen molar-refractivity contribution in [3.63, 3.8) is 0 Å². The first-order valence-electron chi connectivity index (χ1n) is 4.53. The number of nitrogens with one attached hydrogen (secondary N) is 1. The fourth-order valence-electron chi connectivity index (χ4n) is 1.79. The van der Waals surface area contributed by atoms with Crippen LogP contribution in [0, 0.1) is 0 Å². The lowest BCUT2D eigenvalue weighted by Crippen LogP contribution is -2.12. The Morgan fingerprint density at radius 1 is 1.38 bits per heavy atom. The number of hydrogen-bond donors (Lipinski definition) is 1. The van der Waals surface area contributed by atoms with E-state index in [2.05, 4.69) is 26.1 Å². The zero-order valence-electron chi connectivity index (χ0n) is 7.87. The van der Waals surface area contributed by atoms with Crippen LogP contribution in [0.3, 0.4) is 0 Å². The van der Waals surface area contributed by atoms with E-state index in [1.807, 2.05) is 24.3 Å². The van der Waals surface area contributed by atoms with Gasteiger partial charge >= 0.3 is 0 Å². The third-order valence-corrected chi connectivity index (χ3v) is 3.38. The van der Waals surface area contributed by atoms with Gasteiger partial charge in [-0.3, -0.25) is 9.20 Å². The second-order valence-corrected chi connectivity index (χ2v) is 4.42. The lowest BCUT2D eigenvalue weighted by molar-refractivity contribution is 0.897. The van der Waals surface area contributed by atoms with Gasteiger partial charge in [-0.15, -0.1) is 5.10 Å². The molecule has 16 heavy (non-hydrogen) atoms. The number of nitrogens with zero attached hydrogens (tertiary/aromatic N) is 2. The van der Waals surface area contributed by atoms with Crippen molar-refractivity contribution < 1.29 is 0 Å². The van der Waals surface area contributed by atoms with Gasteiger partial charge in [0.15, 0.2) is 0 Å². The van der Waals surface area contributed by atoms with E-state index in [-0.39, 0.29) is 5.56 Å². The van der Waals surface area contributed by atoms with Gasteiger partial charge in [-0.25, -0.2) is 5.10 Å². The SMILES string of the molecule is O=c1[nH]nc(Br)n2c1c(Cl)c1ccccc12. The normalized spacial score (nSPS) is 11.4. The van der Waals surface area contributed by atoms with E-state index in [1.54, 1.807) is 4.40 Å². The lowest BCUT2D eigenvalue weighted by Gasteiger charge is -1.97. The molecule has 0 saturated heterocycles. The Bertz CT molecular complexity index is 762. The number of halogens is 2. The summed E-state index contributed by atoms with van der Waals surface area (Å²) in [6.07, 6.45) is 0. The van der Waals surface area contributed by atoms with E-state index in [0.29, 0.717) is 15.3 Å². The number of para-hydroxylation sites is 1. The van der Waals surface area contributed by atoms with E-state index < -0.39 is 0 Å². The molecule has 0 fully saturated rings. The van der Waals surface area contributed by atoms with E-state index in [0.717, 1.165) is 10.9 Å². The summed E-state index contributed by atoms with van der Waals surface area (Å²) in [7, 11) is 0. The summed E-state index contributed by atoms with van der Waals surface area (Å²) in [4.78, 5) is 11.7. The van der Waals surface area contributed by atoms with Crippen molar-refractivity contribution in [1.29, 1.82) is 0 Å². The number of aromatic nitrogens is 3. The Morgan fingerprint density at radius 3 is 2.94 bits per heavy atom. The molecular weight excluding hydrogens is 293 g/mol. The zero-order valence-corrected chi connectivity index (χ0v) is 10.2. The van der Waals surface area contributed by atoms with Gasteiger partial charge in [0.2, 0.25) is 4.73 Å². The van der Waals surface area contributed by atoms with Gasteiger partial charge < -0.3 is 0 Å². The molecule has 0 bridgehead atoms. The number of fused-ring (bicyclic) bond motifs is 3. The average molecular weight is 299 g/mol. The van der Waals surface area contributed by atoms with Crippen LogP contribution in [0.4, 0.5) is 0 Å². The molecule has 80 valence electrons. The highest BCUT2D eigenvalue weighted by atomic mass is 79.9. The van der Waals surface area contributed by atoms with Gasteiger partial charge in [0.1, 0.15) is 5.52 Å². The molecule has 6 heteroatoms. The number of aromatic amines is 1. The summed E-state index contributed by atoms with van der Waals surface area (Å²) in [5.41, 5.74) is 0.960. The molecule has 1 aromatic carbocycles. The number of benzene rings is 1. The van der Waals surface area contributed by atoms with E-state index in [9.17, 15) is 4.79 Å². The Kier molecular flexibility index (Phi) is 2.05. The first-order chi connectivity index (χ1) is 7.70. The van der Waals surface area contributed by atoms with Gasteiger partial charge in [0.25, 0.3) is 5.56 Å². The van der Waals surface area contributed by atoms with Crippen molar-refractivity contribution in [1.82, 2.24) is 14.6 Å². The number of hydrogen-bond acceptors (Lipinski definition) is 2. The van der Waals surface area contributed by atoms with Crippen LogP contribution in [0.25, 0.3) is 16.4 Å². The largest absolute Gasteiger partial charge is 0.290 e. The highest BCUT2D eigenvalue weighted by Gasteiger charge is 2.14. The van der Waals surface area contributed by atoms with Crippen LogP contribution >= 0.6 is 27.5 Å². The van der Waals surface area contributed by atoms with Crippen molar-refractivity contribution in [3.8, 4) is 0 Å². The first-order valence-corrected chi connectivity index (χ1v) is 5.70. The highest BCUT2D eigenvalue weighted by Crippen LogP contribution is 2.30. The quantitative estimate of drug-likeness (QED) is 0.693. The minimum absolute atomic E-state index is 0.301. The Labute approximate surface area is 103 Å². The summed E-state index contributed by atoms with van der Waals surface area (Å²) in [5.74, 6) is 0. The Hall–Kier alpha value is -1.33. The summed E-state index contributed by atoms with van der Waals surface area (Å²) < 4.78 is 2.21. The average Bonchev–Trinajstić information content (AvgIpc) is 2.60. The fourth-order valence-corrected chi connectivity index (χ4v) is 2.58. The van der Waals surface area contributed by atoms with Crippen LogP contribution in [0.15, 0.2) is 33.8 Å². The van der Waals surface area contributed by atoms with E-state index in [4.69, 9.17) is 11.6 Å². The molecule has 0 saturated carbocycles. The monoisotopic (exact) mass is 297 g/mol. The Morgan fingerprint density at radius 2 is 2.12 bits per heavy atom. The van der Waals surface area contributed by atoms with Crippen molar-refractivity contribution in [2.45, 2.75) is 0 Å². The zero-order chi connectivity index (χ0) is 11.3. The summed E-state index contributed by atoms with van der Waals surface area (Å²) in [6, 6.07) is 7.53. The van der Waals surface area contributed by atoms with Gasteiger partial charge in [-0.2, -0.15) is 0 Å². The van der Waals surface area contributed by atoms with E-state index in [1.165, 1.54) is 0 Å². The maximum Gasteiger partial charge on any atom is 0.290 e. The maximum atomic E-state index is 11.7. The van der Waals surface area contributed by atoms with Gasteiger partial charge in [-0.1, -0.05) is 29.8 Å². The first kappa shape index (κ1) is 9.86. The molecule has 0 atom stereocenters. The van der Waals surface area contributed by atoms with Crippen molar-refractivity contribution in [2.24, 2.45) is 0 Å². The minimum atomic E-state index is -0.301. The smallest absolute Gasteiger partial charge is 0.280 e. The van der Waals surface area contributed by atoms with Gasteiger partial charge in [0, 0.05) is 5.39 Å². The third-order valence-electron chi connectivity index (χ3n) is 2.46. The summed E-state index contributed by atoms with van der Waals surface area (Å²) >= 11 is 9.47. The van der Waals surface area contributed by atoms with Crippen LogP contribution in [0.5, 0.6) is 0 Å². The molecule has 1 N–H and O–H groups in total. The summed E-state index contributed by atoms with van der Waals surface area (Å²) in [5, 5.41) is 7.52. The summed E-state index contributed by atoms with van der Waals surface area (Å²) in [6.45, 7) is 0. The number of H-pyrrole nitrogens is 1. The molecule has 4 nitrogen and oxygen atoms in total. The van der Waals surface area contributed by atoms with Gasteiger partial charge in [-0.05, 0) is 22.0 Å². The predicted octanol–water partition coefficient (Wildman–Crippen LogP) is 2.59.